The highest BCUT2D eigenvalue weighted by Crippen LogP contribution is 2.44. The number of thioether (sulfide) groups is 1. The van der Waals surface area contributed by atoms with E-state index in [4.69, 9.17) is 4.74 Å². The van der Waals surface area contributed by atoms with Crippen molar-refractivity contribution in [3.8, 4) is 0 Å². The van der Waals surface area contributed by atoms with E-state index in [0.717, 1.165) is 18.4 Å². The fraction of sp³-hybridized carbons (Fsp3) is 0.438. The van der Waals surface area contributed by atoms with Gasteiger partial charge in [-0.3, -0.25) is 4.90 Å². The molecule has 3 rings (SSSR count). The largest absolute Gasteiger partial charge is 0.466 e. The van der Waals surface area contributed by atoms with Gasteiger partial charge in [-0.15, -0.1) is 0 Å². The molecule has 1 aromatic carbocycles. The minimum absolute atomic E-state index is 0.166. The Bertz CT molecular complexity index is 541. The van der Waals surface area contributed by atoms with E-state index in [1.54, 1.807) is 11.8 Å². The number of methoxy groups -OCH3 is 1. The minimum atomic E-state index is -0.166. The summed E-state index contributed by atoms with van der Waals surface area (Å²) in [6.07, 6.45) is 3.18. The SMILES string of the molecule is COC(=O)C1=C(Sc2ccccc2)C[C@H]2CCC1N2C. The topological polar surface area (TPSA) is 29.5 Å². The third kappa shape index (κ3) is 2.38. The summed E-state index contributed by atoms with van der Waals surface area (Å²) in [6, 6.07) is 11.1. The van der Waals surface area contributed by atoms with Crippen LogP contribution in [0.3, 0.4) is 0 Å². The summed E-state index contributed by atoms with van der Waals surface area (Å²) in [7, 11) is 3.59. The molecule has 3 nitrogen and oxygen atoms in total. The molecule has 1 aromatic rings. The van der Waals surface area contributed by atoms with Crippen LogP contribution in [0.1, 0.15) is 19.3 Å². The number of likely N-dealkylation sites (N-methyl/N-ethyl adjacent to an activating group) is 1. The molecule has 0 N–H and O–H groups in total. The lowest BCUT2D eigenvalue weighted by Gasteiger charge is -2.33. The molecule has 1 unspecified atom stereocenters. The van der Waals surface area contributed by atoms with Gasteiger partial charge in [-0.1, -0.05) is 30.0 Å². The number of esters is 1. The molecule has 2 bridgehead atoms. The fourth-order valence-electron chi connectivity index (χ4n) is 3.20. The molecule has 0 aliphatic carbocycles. The Morgan fingerprint density at radius 2 is 2.05 bits per heavy atom. The van der Waals surface area contributed by atoms with E-state index in [0.29, 0.717) is 6.04 Å². The number of ether oxygens (including phenoxy) is 1. The second-order valence-electron chi connectivity index (χ2n) is 5.36. The van der Waals surface area contributed by atoms with Crippen LogP contribution in [0, 0.1) is 0 Å². The monoisotopic (exact) mass is 289 g/mol. The van der Waals surface area contributed by atoms with Gasteiger partial charge in [0.2, 0.25) is 0 Å². The Labute approximate surface area is 124 Å². The maximum Gasteiger partial charge on any atom is 0.336 e. The second kappa shape index (κ2) is 5.62. The molecule has 2 atom stereocenters. The molecule has 0 amide bonds. The second-order valence-corrected chi connectivity index (χ2v) is 6.53. The van der Waals surface area contributed by atoms with E-state index in [-0.39, 0.29) is 12.0 Å². The fourth-order valence-corrected chi connectivity index (χ4v) is 4.39. The Morgan fingerprint density at radius 3 is 2.75 bits per heavy atom. The molecule has 1 fully saturated rings. The van der Waals surface area contributed by atoms with Crippen molar-refractivity contribution in [3.05, 3.63) is 40.8 Å². The molecule has 2 heterocycles. The van der Waals surface area contributed by atoms with E-state index in [2.05, 4.69) is 24.1 Å². The van der Waals surface area contributed by atoms with Gasteiger partial charge < -0.3 is 4.74 Å². The van der Waals surface area contributed by atoms with E-state index in [9.17, 15) is 4.79 Å². The van der Waals surface area contributed by atoms with Gasteiger partial charge in [0.1, 0.15) is 0 Å². The van der Waals surface area contributed by atoms with Crippen molar-refractivity contribution in [2.24, 2.45) is 0 Å². The number of benzene rings is 1. The van der Waals surface area contributed by atoms with Crippen LogP contribution in [-0.4, -0.2) is 37.1 Å². The van der Waals surface area contributed by atoms with Crippen LogP contribution in [0.25, 0.3) is 0 Å². The highest BCUT2D eigenvalue weighted by Gasteiger charge is 2.42. The summed E-state index contributed by atoms with van der Waals surface area (Å²) in [6.45, 7) is 0. The Hall–Kier alpha value is -1.26. The maximum atomic E-state index is 12.2. The zero-order valence-electron chi connectivity index (χ0n) is 11.8. The van der Waals surface area contributed by atoms with Crippen LogP contribution < -0.4 is 0 Å². The van der Waals surface area contributed by atoms with Crippen LogP contribution in [0.15, 0.2) is 45.7 Å². The number of hydrogen-bond donors (Lipinski definition) is 0. The van der Waals surface area contributed by atoms with Crippen LogP contribution in [0.2, 0.25) is 0 Å². The summed E-state index contributed by atoms with van der Waals surface area (Å²) >= 11 is 1.72. The molecule has 0 saturated carbocycles. The summed E-state index contributed by atoms with van der Waals surface area (Å²) in [5.41, 5.74) is 0.873. The van der Waals surface area contributed by atoms with Gasteiger partial charge in [-0.2, -0.15) is 0 Å². The zero-order chi connectivity index (χ0) is 14.1. The molecule has 106 valence electrons. The van der Waals surface area contributed by atoms with Crippen molar-refractivity contribution >= 4 is 17.7 Å². The molecule has 1 saturated heterocycles. The first kappa shape index (κ1) is 13.7. The van der Waals surface area contributed by atoms with Crippen molar-refractivity contribution in [1.29, 1.82) is 0 Å². The Kier molecular flexibility index (Phi) is 3.85. The van der Waals surface area contributed by atoms with Crippen molar-refractivity contribution in [2.45, 2.75) is 36.2 Å². The molecule has 0 aromatic heterocycles. The maximum absolute atomic E-state index is 12.2. The molecule has 0 radical (unpaired) electrons. The summed E-state index contributed by atoms with van der Waals surface area (Å²) < 4.78 is 5.02. The lowest BCUT2D eigenvalue weighted by molar-refractivity contribution is -0.137. The van der Waals surface area contributed by atoms with E-state index in [1.165, 1.54) is 23.3 Å². The summed E-state index contributed by atoms with van der Waals surface area (Å²) in [5, 5.41) is 0. The molecule has 20 heavy (non-hydrogen) atoms. The van der Waals surface area contributed by atoms with Crippen molar-refractivity contribution < 1.29 is 9.53 Å². The number of fused-ring (bicyclic) bond motifs is 2. The average molecular weight is 289 g/mol. The smallest absolute Gasteiger partial charge is 0.336 e. The molecule has 2 aliphatic rings. The van der Waals surface area contributed by atoms with E-state index < -0.39 is 0 Å². The first-order valence-corrected chi connectivity index (χ1v) is 7.78. The standard InChI is InChI=1S/C16H19NO2S/c1-17-11-8-9-13(17)15(16(18)19-2)14(10-11)20-12-6-4-3-5-7-12/h3-7,11,13H,8-10H2,1-2H3/t11-,13?/m1/s1. The van der Waals surface area contributed by atoms with E-state index in [1.807, 2.05) is 18.2 Å². The van der Waals surface area contributed by atoms with Crippen molar-refractivity contribution in [2.75, 3.05) is 14.2 Å². The van der Waals surface area contributed by atoms with E-state index >= 15 is 0 Å². The van der Waals surface area contributed by atoms with Gasteiger partial charge >= 0.3 is 5.97 Å². The normalized spacial score (nSPS) is 25.9. The van der Waals surface area contributed by atoms with Crippen molar-refractivity contribution in [1.82, 2.24) is 4.90 Å². The quantitative estimate of drug-likeness (QED) is 0.800. The lowest BCUT2D eigenvalue weighted by atomic mass is 10.0. The molecule has 4 heteroatoms. The highest BCUT2D eigenvalue weighted by atomic mass is 32.2. The van der Waals surface area contributed by atoms with Crippen LogP contribution in [-0.2, 0) is 9.53 Å². The predicted molar refractivity (Wildman–Crippen MR) is 80.5 cm³/mol. The Balaban J connectivity index is 1.95. The highest BCUT2D eigenvalue weighted by molar-refractivity contribution is 8.03. The molecular formula is C16H19NO2S. The van der Waals surface area contributed by atoms with Crippen LogP contribution in [0.5, 0.6) is 0 Å². The number of hydrogen-bond acceptors (Lipinski definition) is 4. The van der Waals surface area contributed by atoms with Crippen molar-refractivity contribution in [3.63, 3.8) is 0 Å². The van der Waals surface area contributed by atoms with Gasteiger partial charge in [0, 0.05) is 21.9 Å². The van der Waals surface area contributed by atoms with Gasteiger partial charge in [-0.05, 0) is 38.4 Å². The third-order valence-corrected chi connectivity index (χ3v) is 5.43. The number of nitrogens with zero attached hydrogens (tertiary/aromatic N) is 1. The first-order valence-electron chi connectivity index (χ1n) is 6.97. The molecule has 2 aliphatic heterocycles. The summed E-state index contributed by atoms with van der Waals surface area (Å²) in [5.74, 6) is -0.166. The van der Waals surface area contributed by atoms with Gasteiger partial charge in [0.15, 0.2) is 0 Å². The van der Waals surface area contributed by atoms with Crippen LogP contribution >= 0.6 is 11.8 Å². The number of rotatable bonds is 3. The molecule has 0 spiro atoms. The number of carbonyl (C=O) groups excluding carboxylic acids is 1. The van der Waals surface area contributed by atoms with Gasteiger partial charge in [0.05, 0.1) is 12.7 Å². The van der Waals surface area contributed by atoms with Crippen LogP contribution in [0.4, 0.5) is 0 Å². The van der Waals surface area contributed by atoms with Gasteiger partial charge in [-0.25, -0.2) is 4.79 Å². The molecular weight excluding hydrogens is 270 g/mol. The number of carbonyl (C=O) groups is 1. The van der Waals surface area contributed by atoms with Gasteiger partial charge in [0.25, 0.3) is 0 Å². The third-order valence-electron chi connectivity index (χ3n) is 4.29. The lowest BCUT2D eigenvalue weighted by Crippen LogP contribution is -2.40. The minimum Gasteiger partial charge on any atom is -0.466 e. The average Bonchev–Trinajstić information content (AvgIpc) is 2.72. The Morgan fingerprint density at radius 1 is 1.30 bits per heavy atom. The zero-order valence-corrected chi connectivity index (χ0v) is 12.7. The first-order chi connectivity index (χ1) is 9.70. The summed E-state index contributed by atoms with van der Waals surface area (Å²) in [4.78, 5) is 16.9. The predicted octanol–water partition coefficient (Wildman–Crippen LogP) is 3.07.